The molecule has 96 valence electrons. The summed E-state index contributed by atoms with van der Waals surface area (Å²) in [6.07, 6.45) is 0.815. The highest BCUT2D eigenvalue weighted by molar-refractivity contribution is 9.10. The van der Waals surface area contributed by atoms with E-state index in [2.05, 4.69) is 38.9 Å². The van der Waals surface area contributed by atoms with E-state index in [1.54, 1.807) is 11.3 Å². The number of aryl methyl sites for hydroxylation is 1. The molecule has 0 amide bonds. The quantitative estimate of drug-likeness (QED) is 0.643. The number of benzene rings is 1. The normalized spacial score (nSPS) is 12.7. The SMILES string of the molecule is Cc1csc(C(Cc2cccc(Br)c2)NN)c1Cl. The van der Waals surface area contributed by atoms with Crippen LogP contribution in [0.15, 0.2) is 34.1 Å². The molecule has 1 heterocycles. The molecule has 2 rings (SSSR count). The number of hydrazine groups is 1. The van der Waals surface area contributed by atoms with Crippen molar-refractivity contribution in [1.82, 2.24) is 5.43 Å². The second-order valence-electron chi connectivity index (χ2n) is 4.15. The first-order valence-corrected chi connectivity index (χ1v) is 7.61. The van der Waals surface area contributed by atoms with Crippen molar-refractivity contribution in [3.63, 3.8) is 0 Å². The summed E-state index contributed by atoms with van der Waals surface area (Å²) < 4.78 is 1.07. The van der Waals surface area contributed by atoms with Gasteiger partial charge in [-0.15, -0.1) is 11.3 Å². The summed E-state index contributed by atoms with van der Waals surface area (Å²) in [6.45, 7) is 2.01. The number of rotatable bonds is 4. The van der Waals surface area contributed by atoms with Gasteiger partial charge >= 0.3 is 0 Å². The van der Waals surface area contributed by atoms with Crippen LogP contribution in [-0.2, 0) is 6.42 Å². The van der Waals surface area contributed by atoms with E-state index in [0.29, 0.717) is 0 Å². The van der Waals surface area contributed by atoms with E-state index in [9.17, 15) is 0 Å². The molecule has 0 radical (unpaired) electrons. The Morgan fingerprint density at radius 1 is 1.50 bits per heavy atom. The van der Waals surface area contributed by atoms with Crippen molar-refractivity contribution in [1.29, 1.82) is 0 Å². The van der Waals surface area contributed by atoms with Gasteiger partial charge in [0.15, 0.2) is 0 Å². The summed E-state index contributed by atoms with van der Waals surface area (Å²) in [6, 6.07) is 8.26. The summed E-state index contributed by atoms with van der Waals surface area (Å²) >= 11 is 11.4. The van der Waals surface area contributed by atoms with Gasteiger partial charge in [0, 0.05) is 9.35 Å². The first-order valence-electron chi connectivity index (χ1n) is 5.56. The number of hydrogen-bond acceptors (Lipinski definition) is 3. The molecule has 0 fully saturated rings. The third kappa shape index (κ3) is 3.13. The monoisotopic (exact) mass is 344 g/mol. The standard InChI is InChI=1S/C13H14BrClN2S/c1-8-7-18-13(12(8)15)11(17-16)6-9-3-2-4-10(14)5-9/h2-5,7,11,17H,6,16H2,1H3. The van der Waals surface area contributed by atoms with Crippen LogP contribution in [0.1, 0.15) is 22.0 Å². The molecule has 1 aromatic heterocycles. The zero-order valence-electron chi connectivity index (χ0n) is 9.91. The minimum absolute atomic E-state index is 0.0468. The molecule has 2 nitrogen and oxygen atoms in total. The van der Waals surface area contributed by atoms with Crippen LogP contribution < -0.4 is 11.3 Å². The predicted octanol–water partition coefficient (Wildman–Crippen LogP) is 4.22. The Hall–Kier alpha value is -0.390. The first-order chi connectivity index (χ1) is 8.61. The molecule has 1 aromatic carbocycles. The Morgan fingerprint density at radius 2 is 2.28 bits per heavy atom. The van der Waals surface area contributed by atoms with Gasteiger partial charge in [-0.05, 0) is 42.0 Å². The molecule has 2 aromatic rings. The molecular weight excluding hydrogens is 332 g/mol. The van der Waals surface area contributed by atoms with Crippen molar-refractivity contribution in [2.75, 3.05) is 0 Å². The van der Waals surface area contributed by atoms with Gasteiger partial charge in [0.1, 0.15) is 0 Å². The molecule has 1 atom stereocenters. The van der Waals surface area contributed by atoms with Crippen molar-refractivity contribution in [3.05, 3.63) is 55.1 Å². The Balaban J connectivity index is 2.22. The second-order valence-corrected chi connectivity index (χ2v) is 6.36. The van der Waals surface area contributed by atoms with Crippen LogP contribution in [0.4, 0.5) is 0 Å². The molecule has 0 spiro atoms. The lowest BCUT2D eigenvalue weighted by Crippen LogP contribution is -2.29. The van der Waals surface area contributed by atoms with Gasteiger partial charge in [-0.1, -0.05) is 39.7 Å². The summed E-state index contributed by atoms with van der Waals surface area (Å²) in [7, 11) is 0. The second kappa shape index (κ2) is 6.17. The highest BCUT2D eigenvalue weighted by Gasteiger charge is 2.17. The summed E-state index contributed by atoms with van der Waals surface area (Å²) in [5.74, 6) is 5.66. The molecule has 0 aliphatic heterocycles. The van der Waals surface area contributed by atoms with Gasteiger partial charge in [-0.2, -0.15) is 0 Å². The highest BCUT2D eigenvalue weighted by Crippen LogP contribution is 2.33. The number of nitrogens with two attached hydrogens (primary N) is 1. The van der Waals surface area contributed by atoms with Gasteiger partial charge in [0.2, 0.25) is 0 Å². The molecular formula is C13H14BrClN2S. The van der Waals surface area contributed by atoms with Crippen LogP contribution in [0.25, 0.3) is 0 Å². The van der Waals surface area contributed by atoms with Crippen LogP contribution in [0.5, 0.6) is 0 Å². The molecule has 3 N–H and O–H groups in total. The maximum absolute atomic E-state index is 6.29. The Morgan fingerprint density at radius 3 is 2.83 bits per heavy atom. The van der Waals surface area contributed by atoms with E-state index in [1.165, 1.54) is 5.56 Å². The fraction of sp³-hybridized carbons (Fsp3) is 0.231. The lowest BCUT2D eigenvalue weighted by molar-refractivity contribution is 0.560. The lowest BCUT2D eigenvalue weighted by Gasteiger charge is -2.15. The maximum atomic E-state index is 6.29. The van der Waals surface area contributed by atoms with Gasteiger partial charge in [-0.3, -0.25) is 11.3 Å². The van der Waals surface area contributed by atoms with E-state index in [0.717, 1.165) is 26.4 Å². The minimum Gasteiger partial charge on any atom is -0.271 e. The van der Waals surface area contributed by atoms with Crippen LogP contribution in [0.2, 0.25) is 5.02 Å². The lowest BCUT2D eigenvalue weighted by atomic mass is 10.0. The molecule has 0 aliphatic rings. The fourth-order valence-corrected chi connectivity index (χ4v) is 3.64. The smallest absolute Gasteiger partial charge is 0.0608 e. The topological polar surface area (TPSA) is 38.0 Å². The number of nitrogens with one attached hydrogen (secondary N) is 1. The number of thiophene rings is 1. The third-order valence-electron chi connectivity index (χ3n) is 2.77. The number of hydrogen-bond donors (Lipinski definition) is 2. The molecule has 0 bridgehead atoms. The molecule has 0 saturated carbocycles. The molecule has 1 unspecified atom stereocenters. The summed E-state index contributed by atoms with van der Waals surface area (Å²) in [5, 5.41) is 2.88. The van der Waals surface area contributed by atoms with Gasteiger partial charge in [0.05, 0.1) is 11.1 Å². The molecule has 5 heteroatoms. The maximum Gasteiger partial charge on any atom is 0.0608 e. The van der Waals surface area contributed by atoms with E-state index in [-0.39, 0.29) is 6.04 Å². The Labute approximate surface area is 124 Å². The van der Waals surface area contributed by atoms with Gasteiger partial charge in [0.25, 0.3) is 0 Å². The van der Waals surface area contributed by atoms with Crippen LogP contribution in [0, 0.1) is 6.92 Å². The van der Waals surface area contributed by atoms with Crippen molar-refractivity contribution >= 4 is 38.9 Å². The molecule has 0 saturated heterocycles. The first kappa shape index (κ1) is 14.0. The predicted molar refractivity (Wildman–Crippen MR) is 82.0 cm³/mol. The van der Waals surface area contributed by atoms with E-state index in [1.807, 2.05) is 19.1 Å². The van der Waals surface area contributed by atoms with Crippen LogP contribution in [0.3, 0.4) is 0 Å². The van der Waals surface area contributed by atoms with Crippen molar-refractivity contribution < 1.29 is 0 Å². The van der Waals surface area contributed by atoms with Crippen molar-refractivity contribution in [2.45, 2.75) is 19.4 Å². The highest BCUT2D eigenvalue weighted by atomic mass is 79.9. The Bertz CT molecular complexity index is 542. The summed E-state index contributed by atoms with van der Waals surface area (Å²) in [5.41, 5.74) is 5.17. The van der Waals surface area contributed by atoms with Crippen LogP contribution in [-0.4, -0.2) is 0 Å². The average Bonchev–Trinajstić information content (AvgIpc) is 2.67. The van der Waals surface area contributed by atoms with Crippen molar-refractivity contribution in [3.8, 4) is 0 Å². The largest absolute Gasteiger partial charge is 0.271 e. The Kier molecular flexibility index (Phi) is 4.81. The molecule has 18 heavy (non-hydrogen) atoms. The van der Waals surface area contributed by atoms with E-state index >= 15 is 0 Å². The van der Waals surface area contributed by atoms with Crippen LogP contribution >= 0.6 is 38.9 Å². The average molecular weight is 346 g/mol. The zero-order chi connectivity index (χ0) is 13.1. The fourth-order valence-electron chi connectivity index (χ4n) is 1.81. The van der Waals surface area contributed by atoms with E-state index < -0.39 is 0 Å². The van der Waals surface area contributed by atoms with E-state index in [4.69, 9.17) is 17.4 Å². The molecule has 0 aliphatic carbocycles. The minimum atomic E-state index is 0.0468. The van der Waals surface area contributed by atoms with Gasteiger partial charge < -0.3 is 0 Å². The van der Waals surface area contributed by atoms with Gasteiger partial charge in [-0.25, -0.2) is 0 Å². The zero-order valence-corrected chi connectivity index (χ0v) is 13.1. The summed E-state index contributed by atoms with van der Waals surface area (Å²) in [4.78, 5) is 1.09. The number of halogens is 2. The van der Waals surface area contributed by atoms with Crippen molar-refractivity contribution in [2.24, 2.45) is 5.84 Å². The third-order valence-corrected chi connectivity index (χ3v) is 5.09.